The van der Waals surface area contributed by atoms with Gasteiger partial charge >= 0.3 is 0 Å². The molecule has 1 N–H and O–H groups in total. The van der Waals surface area contributed by atoms with Gasteiger partial charge in [-0.25, -0.2) is 0 Å². The maximum Gasteiger partial charge on any atom is 0.256 e. The molecule has 0 atom stereocenters. The summed E-state index contributed by atoms with van der Waals surface area (Å²) in [6, 6.07) is 6.72. The largest absolute Gasteiger partial charge is 0.329 e. The topological polar surface area (TPSA) is 56.6 Å². The molecule has 2 aromatic rings. The van der Waals surface area contributed by atoms with E-state index in [1.54, 1.807) is 12.1 Å². The van der Waals surface area contributed by atoms with Crippen molar-refractivity contribution in [1.82, 2.24) is 4.98 Å². The number of pyridine rings is 1. The smallest absolute Gasteiger partial charge is 0.256 e. The summed E-state index contributed by atoms with van der Waals surface area (Å²) in [6.07, 6.45) is 1.58. The molecule has 3 nitrogen and oxygen atoms in total. The van der Waals surface area contributed by atoms with Crippen molar-refractivity contribution in [2.24, 2.45) is 0 Å². The Morgan fingerprint density at radius 2 is 2.00 bits per heavy atom. The molecule has 2 rings (SSSR count). The highest BCUT2D eigenvalue weighted by Gasteiger charge is 2.15. The van der Waals surface area contributed by atoms with Gasteiger partial charge < -0.3 is 4.98 Å². The molecule has 0 aliphatic rings. The highest BCUT2D eigenvalue weighted by atomic mass is 35.5. The quantitative estimate of drug-likeness (QED) is 0.850. The third kappa shape index (κ3) is 2.76. The lowest BCUT2D eigenvalue weighted by molar-refractivity contribution is 1.17. The van der Waals surface area contributed by atoms with E-state index in [0.717, 1.165) is 0 Å². The van der Waals surface area contributed by atoms with Crippen LogP contribution >= 0.6 is 34.8 Å². The number of nitriles is 1. The van der Waals surface area contributed by atoms with Crippen molar-refractivity contribution in [2.75, 3.05) is 0 Å². The number of halogens is 3. The molecule has 0 aliphatic carbocycles. The van der Waals surface area contributed by atoms with Crippen LogP contribution in [0.3, 0.4) is 0 Å². The zero-order chi connectivity index (χ0) is 14.0. The first-order chi connectivity index (χ1) is 9.04. The number of nitrogens with one attached hydrogen (secondary N) is 1. The molecular formula is C13H7Cl3N2O. The summed E-state index contributed by atoms with van der Waals surface area (Å²) < 4.78 is 0. The molecule has 0 amide bonds. The molecule has 0 saturated carbocycles. The number of hydrogen-bond donors (Lipinski definition) is 1. The number of nitrogens with zero attached hydrogens (tertiary/aromatic N) is 1. The van der Waals surface area contributed by atoms with Crippen LogP contribution in [0.1, 0.15) is 5.56 Å². The van der Waals surface area contributed by atoms with Gasteiger partial charge in [-0.2, -0.15) is 5.26 Å². The fourth-order valence-electron chi connectivity index (χ4n) is 1.78. The Labute approximate surface area is 124 Å². The van der Waals surface area contributed by atoms with Crippen LogP contribution in [-0.4, -0.2) is 4.98 Å². The molecule has 1 aromatic carbocycles. The maximum absolute atomic E-state index is 12.0. The van der Waals surface area contributed by atoms with Crippen LogP contribution in [-0.2, 0) is 6.42 Å². The minimum Gasteiger partial charge on any atom is -0.329 e. The zero-order valence-corrected chi connectivity index (χ0v) is 11.8. The van der Waals surface area contributed by atoms with E-state index in [9.17, 15) is 4.79 Å². The third-order valence-electron chi connectivity index (χ3n) is 2.58. The summed E-state index contributed by atoms with van der Waals surface area (Å²) in [5.74, 6) is 0. The summed E-state index contributed by atoms with van der Waals surface area (Å²) in [6.45, 7) is 0. The van der Waals surface area contributed by atoms with Crippen molar-refractivity contribution in [1.29, 1.82) is 5.26 Å². The van der Waals surface area contributed by atoms with E-state index >= 15 is 0 Å². The van der Waals surface area contributed by atoms with E-state index in [2.05, 4.69) is 4.98 Å². The van der Waals surface area contributed by atoms with E-state index < -0.39 is 0 Å². The van der Waals surface area contributed by atoms with E-state index in [1.807, 2.05) is 6.07 Å². The molecule has 0 unspecified atom stereocenters. The summed E-state index contributed by atoms with van der Waals surface area (Å²) in [5, 5.41) is 9.68. The highest BCUT2D eigenvalue weighted by Crippen LogP contribution is 2.36. The third-order valence-corrected chi connectivity index (χ3v) is 3.60. The average molecular weight is 314 g/mol. The number of aromatic amines is 1. The van der Waals surface area contributed by atoms with E-state index in [1.165, 1.54) is 12.3 Å². The summed E-state index contributed by atoms with van der Waals surface area (Å²) in [4.78, 5) is 14.5. The Balaban J connectivity index is 2.79. The highest BCUT2D eigenvalue weighted by molar-refractivity contribution is 6.45. The molecule has 0 saturated heterocycles. The van der Waals surface area contributed by atoms with Crippen molar-refractivity contribution in [3.05, 3.63) is 55.4 Å². The van der Waals surface area contributed by atoms with Crippen molar-refractivity contribution >= 4 is 34.8 Å². The second-order valence-electron chi connectivity index (χ2n) is 3.79. The van der Waals surface area contributed by atoms with Crippen LogP contribution in [0, 0.1) is 11.3 Å². The van der Waals surface area contributed by atoms with Crippen LogP contribution in [0.2, 0.25) is 15.1 Å². The SMILES string of the molecule is N#CCc1cc[nH]c(=O)c1-c1cc(Cl)cc(Cl)c1Cl. The second kappa shape index (κ2) is 5.66. The number of benzene rings is 1. The molecule has 0 radical (unpaired) electrons. The summed E-state index contributed by atoms with van der Waals surface area (Å²) >= 11 is 18.0. The van der Waals surface area contributed by atoms with E-state index in [4.69, 9.17) is 40.1 Å². The molecule has 6 heteroatoms. The molecule has 1 heterocycles. The van der Waals surface area contributed by atoms with Gasteiger partial charge in [0.05, 0.1) is 28.1 Å². The molecule has 0 spiro atoms. The van der Waals surface area contributed by atoms with Crippen molar-refractivity contribution in [2.45, 2.75) is 6.42 Å². The lowest BCUT2D eigenvalue weighted by atomic mass is 10.00. The number of hydrogen-bond acceptors (Lipinski definition) is 2. The van der Waals surface area contributed by atoms with E-state index in [-0.39, 0.29) is 22.0 Å². The number of H-pyrrole nitrogens is 1. The predicted molar refractivity (Wildman–Crippen MR) is 76.8 cm³/mol. The number of aromatic nitrogens is 1. The van der Waals surface area contributed by atoms with Gasteiger partial charge in [-0.1, -0.05) is 34.8 Å². The second-order valence-corrected chi connectivity index (χ2v) is 5.01. The maximum atomic E-state index is 12.0. The summed E-state index contributed by atoms with van der Waals surface area (Å²) in [5.41, 5.74) is 0.976. The Morgan fingerprint density at radius 1 is 1.26 bits per heavy atom. The molecule has 0 aliphatic heterocycles. The van der Waals surface area contributed by atoms with Gasteiger partial charge in [0.1, 0.15) is 0 Å². The van der Waals surface area contributed by atoms with Gasteiger partial charge in [0.15, 0.2) is 0 Å². The van der Waals surface area contributed by atoms with Gasteiger partial charge in [0, 0.05) is 16.8 Å². The zero-order valence-electron chi connectivity index (χ0n) is 9.51. The lowest BCUT2D eigenvalue weighted by Gasteiger charge is -2.09. The first kappa shape index (κ1) is 14.0. The van der Waals surface area contributed by atoms with Gasteiger partial charge in [0.25, 0.3) is 5.56 Å². The molecule has 0 fully saturated rings. The molecule has 96 valence electrons. The normalized spacial score (nSPS) is 10.2. The Kier molecular flexibility index (Phi) is 4.16. The van der Waals surface area contributed by atoms with Gasteiger partial charge in [-0.05, 0) is 23.8 Å². The number of rotatable bonds is 2. The fraction of sp³-hybridized carbons (Fsp3) is 0.0769. The van der Waals surface area contributed by atoms with Crippen molar-refractivity contribution in [3.63, 3.8) is 0 Å². The van der Waals surface area contributed by atoms with Gasteiger partial charge in [-0.15, -0.1) is 0 Å². The van der Waals surface area contributed by atoms with Crippen molar-refractivity contribution < 1.29 is 0 Å². The van der Waals surface area contributed by atoms with Crippen LogP contribution in [0.5, 0.6) is 0 Å². The minimum absolute atomic E-state index is 0.0969. The monoisotopic (exact) mass is 312 g/mol. The van der Waals surface area contributed by atoms with Crippen molar-refractivity contribution in [3.8, 4) is 17.2 Å². The first-order valence-electron chi connectivity index (χ1n) is 5.27. The molecule has 0 bridgehead atoms. The standard InChI is InChI=1S/C13H7Cl3N2O/c14-8-5-9(12(16)10(15)6-8)11-7(1-3-17)2-4-18-13(11)19/h2,4-6H,1H2,(H,18,19). The molecule has 19 heavy (non-hydrogen) atoms. The van der Waals surface area contributed by atoms with Crippen LogP contribution < -0.4 is 5.56 Å². The van der Waals surface area contributed by atoms with Crippen LogP contribution in [0.15, 0.2) is 29.2 Å². The Morgan fingerprint density at radius 3 is 2.68 bits per heavy atom. The molecule has 1 aromatic heterocycles. The van der Waals surface area contributed by atoms with Gasteiger partial charge in [-0.3, -0.25) is 4.79 Å². The molecular weight excluding hydrogens is 307 g/mol. The predicted octanol–water partition coefficient (Wildman–Crippen LogP) is 4.07. The fourth-order valence-corrected chi connectivity index (χ4v) is 2.48. The van der Waals surface area contributed by atoms with E-state index in [0.29, 0.717) is 21.7 Å². The van der Waals surface area contributed by atoms with Gasteiger partial charge in [0.2, 0.25) is 0 Å². The Hall–Kier alpha value is -1.47. The van der Waals surface area contributed by atoms with Crippen LogP contribution in [0.4, 0.5) is 0 Å². The van der Waals surface area contributed by atoms with Crippen LogP contribution in [0.25, 0.3) is 11.1 Å². The summed E-state index contributed by atoms with van der Waals surface area (Å²) in [7, 11) is 0. The lowest BCUT2D eigenvalue weighted by Crippen LogP contribution is -2.11. The minimum atomic E-state index is -0.340. The average Bonchev–Trinajstić information content (AvgIpc) is 2.35. The first-order valence-corrected chi connectivity index (χ1v) is 6.40. The Bertz CT molecular complexity index is 732.